The van der Waals surface area contributed by atoms with Gasteiger partial charge in [0.25, 0.3) is 0 Å². The van der Waals surface area contributed by atoms with Crippen LogP contribution in [0.1, 0.15) is 5.82 Å². The van der Waals surface area contributed by atoms with E-state index in [2.05, 4.69) is 19.9 Å². The minimum atomic E-state index is -3.97. The number of nitrogens with one attached hydrogen (secondary N) is 2. The van der Waals surface area contributed by atoms with Gasteiger partial charge < -0.3 is 5.11 Å². The van der Waals surface area contributed by atoms with Crippen LogP contribution in [0.2, 0.25) is 0 Å². The van der Waals surface area contributed by atoms with Crippen LogP contribution in [0.3, 0.4) is 0 Å². The summed E-state index contributed by atoms with van der Waals surface area (Å²) in [6.07, 6.45) is 0. The molecule has 0 bridgehead atoms. The molecular formula is C11H12N4O4S. The maximum absolute atomic E-state index is 11.7. The lowest BCUT2D eigenvalue weighted by Gasteiger charge is -2.09. The van der Waals surface area contributed by atoms with E-state index in [-0.39, 0.29) is 5.69 Å². The van der Waals surface area contributed by atoms with Gasteiger partial charge in [0, 0.05) is 5.56 Å². The SMILES string of the molecule is Cc1nc(-c2ccccc2NS(=O)(=O)CC(=O)O)n[nH]1. The summed E-state index contributed by atoms with van der Waals surface area (Å²) in [6.45, 7) is 1.72. The maximum atomic E-state index is 11.7. The van der Waals surface area contributed by atoms with Crippen LogP contribution in [-0.4, -0.2) is 40.4 Å². The Morgan fingerprint density at radius 1 is 1.40 bits per heavy atom. The van der Waals surface area contributed by atoms with Crippen molar-refractivity contribution in [3.63, 3.8) is 0 Å². The minimum Gasteiger partial charge on any atom is -0.480 e. The molecule has 8 nitrogen and oxygen atoms in total. The molecule has 0 radical (unpaired) electrons. The molecule has 0 amide bonds. The van der Waals surface area contributed by atoms with Crippen LogP contribution in [0.15, 0.2) is 24.3 Å². The number of aliphatic carboxylic acids is 1. The summed E-state index contributed by atoms with van der Waals surface area (Å²) in [6, 6.07) is 6.49. The molecule has 0 spiro atoms. The Bertz CT molecular complexity index is 738. The fourth-order valence-electron chi connectivity index (χ4n) is 1.60. The quantitative estimate of drug-likeness (QED) is 0.742. The largest absolute Gasteiger partial charge is 0.480 e. The summed E-state index contributed by atoms with van der Waals surface area (Å²) in [5, 5.41) is 15.2. The molecule has 0 saturated heterocycles. The summed E-state index contributed by atoms with van der Waals surface area (Å²) in [5.74, 6) is -1.52. The third-order valence-electron chi connectivity index (χ3n) is 2.34. The molecule has 106 valence electrons. The standard InChI is InChI=1S/C11H12N4O4S/c1-7-12-11(14-13-7)8-4-2-3-5-9(8)15-20(18,19)6-10(16)17/h2-5,15H,6H2,1H3,(H,16,17)(H,12,13,14). The maximum Gasteiger partial charge on any atom is 0.320 e. The number of H-pyrrole nitrogens is 1. The molecule has 9 heteroatoms. The first-order valence-corrected chi connectivity index (χ1v) is 7.23. The van der Waals surface area contributed by atoms with Crippen LogP contribution in [0.4, 0.5) is 5.69 Å². The molecule has 0 aliphatic rings. The normalized spacial score (nSPS) is 11.2. The fourth-order valence-corrected chi connectivity index (χ4v) is 2.51. The highest BCUT2D eigenvalue weighted by atomic mass is 32.2. The Kier molecular flexibility index (Phi) is 3.70. The fraction of sp³-hybridized carbons (Fsp3) is 0.182. The lowest BCUT2D eigenvalue weighted by molar-refractivity contribution is -0.134. The summed E-state index contributed by atoms with van der Waals surface area (Å²) in [4.78, 5) is 14.6. The molecular weight excluding hydrogens is 284 g/mol. The molecule has 1 heterocycles. The molecule has 2 aromatic rings. The highest BCUT2D eigenvalue weighted by Crippen LogP contribution is 2.25. The van der Waals surface area contributed by atoms with Crippen molar-refractivity contribution >= 4 is 21.7 Å². The average molecular weight is 296 g/mol. The van der Waals surface area contributed by atoms with Crippen LogP contribution in [0.5, 0.6) is 0 Å². The molecule has 3 N–H and O–H groups in total. The van der Waals surface area contributed by atoms with Gasteiger partial charge in [0.15, 0.2) is 11.6 Å². The average Bonchev–Trinajstić information content (AvgIpc) is 2.74. The van der Waals surface area contributed by atoms with Gasteiger partial charge in [0.2, 0.25) is 10.0 Å². The number of anilines is 1. The Labute approximate surface area is 114 Å². The van der Waals surface area contributed by atoms with E-state index in [1.165, 1.54) is 6.07 Å². The second-order valence-electron chi connectivity index (χ2n) is 4.04. The van der Waals surface area contributed by atoms with Crippen molar-refractivity contribution in [2.75, 3.05) is 10.5 Å². The van der Waals surface area contributed by atoms with Crippen molar-refractivity contribution in [1.29, 1.82) is 0 Å². The molecule has 0 atom stereocenters. The third-order valence-corrected chi connectivity index (χ3v) is 3.50. The summed E-state index contributed by atoms with van der Waals surface area (Å²) >= 11 is 0. The van der Waals surface area contributed by atoms with Crippen molar-refractivity contribution in [2.24, 2.45) is 0 Å². The predicted octanol–water partition coefficient (Wildman–Crippen LogP) is 0.606. The van der Waals surface area contributed by atoms with Crippen LogP contribution < -0.4 is 4.72 Å². The zero-order chi connectivity index (χ0) is 14.8. The van der Waals surface area contributed by atoms with E-state index in [9.17, 15) is 13.2 Å². The molecule has 0 saturated carbocycles. The predicted molar refractivity (Wildman–Crippen MR) is 71.6 cm³/mol. The highest BCUT2D eigenvalue weighted by Gasteiger charge is 2.18. The zero-order valence-corrected chi connectivity index (χ0v) is 11.3. The van der Waals surface area contributed by atoms with Crippen LogP contribution >= 0.6 is 0 Å². The number of nitrogens with zero attached hydrogens (tertiary/aromatic N) is 2. The van der Waals surface area contributed by atoms with E-state index in [1.807, 2.05) is 0 Å². The number of rotatable bonds is 5. The lowest BCUT2D eigenvalue weighted by atomic mass is 10.2. The van der Waals surface area contributed by atoms with Crippen LogP contribution in [-0.2, 0) is 14.8 Å². The van der Waals surface area contributed by atoms with Gasteiger partial charge in [-0.15, -0.1) is 0 Å². The first-order chi connectivity index (χ1) is 9.37. The van der Waals surface area contributed by atoms with Gasteiger partial charge in [-0.25, -0.2) is 13.4 Å². The zero-order valence-electron chi connectivity index (χ0n) is 10.5. The molecule has 0 unspecified atom stereocenters. The van der Waals surface area contributed by atoms with Crippen molar-refractivity contribution in [2.45, 2.75) is 6.92 Å². The van der Waals surface area contributed by atoms with E-state index < -0.39 is 21.7 Å². The first kappa shape index (κ1) is 14.0. The molecule has 2 rings (SSSR count). The number of sulfonamides is 1. The van der Waals surface area contributed by atoms with E-state index >= 15 is 0 Å². The van der Waals surface area contributed by atoms with Crippen molar-refractivity contribution in [1.82, 2.24) is 15.2 Å². The van der Waals surface area contributed by atoms with Crippen molar-refractivity contribution in [3.8, 4) is 11.4 Å². The third kappa shape index (κ3) is 3.32. The number of hydrogen-bond acceptors (Lipinski definition) is 5. The Balaban J connectivity index is 2.36. The van der Waals surface area contributed by atoms with Gasteiger partial charge in [0.05, 0.1) is 5.69 Å². The molecule has 20 heavy (non-hydrogen) atoms. The van der Waals surface area contributed by atoms with Crippen molar-refractivity contribution < 1.29 is 18.3 Å². The number of aromatic nitrogens is 3. The van der Waals surface area contributed by atoms with Gasteiger partial charge in [-0.3, -0.25) is 14.6 Å². The smallest absolute Gasteiger partial charge is 0.320 e. The monoisotopic (exact) mass is 296 g/mol. The minimum absolute atomic E-state index is 0.229. The van der Waals surface area contributed by atoms with Gasteiger partial charge in [-0.1, -0.05) is 12.1 Å². The lowest BCUT2D eigenvalue weighted by Crippen LogP contribution is -2.22. The van der Waals surface area contributed by atoms with E-state index in [0.717, 1.165) is 0 Å². The number of carboxylic acid groups (broad SMARTS) is 1. The molecule has 0 fully saturated rings. The topological polar surface area (TPSA) is 125 Å². The summed E-state index contributed by atoms with van der Waals surface area (Å²) in [5.41, 5.74) is 0.693. The number of carboxylic acids is 1. The van der Waals surface area contributed by atoms with Crippen molar-refractivity contribution in [3.05, 3.63) is 30.1 Å². The second kappa shape index (κ2) is 5.29. The number of benzene rings is 1. The molecule has 1 aromatic heterocycles. The van der Waals surface area contributed by atoms with E-state index in [4.69, 9.17) is 5.11 Å². The summed E-state index contributed by atoms with van der Waals surface area (Å²) < 4.78 is 25.5. The Hall–Kier alpha value is -2.42. The number of hydrogen-bond donors (Lipinski definition) is 3. The molecule has 0 aliphatic carbocycles. The number of aryl methyl sites for hydroxylation is 1. The van der Waals surface area contributed by atoms with Crippen LogP contribution in [0, 0.1) is 6.92 Å². The Morgan fingerprint density at radius 2 is 2.10 bits per heavy atom. The Morgan fingerprint density at radius 3 is 2.70 bits per heavy atom. The number of carbonyl (C=O) groups is 1. The van der Waals surface area contributed by atoms with E-state index in [1.54, 1.807) is 25.1 Å². The second-order valence-corrected chi connectivity index (χ2v) is 5.77. The molecule has 1 aromatic carbocycles. The first-order valence-electron chi connectivity index (χ1n) is 5.58. The summed E-state index contributed by atoms with van der Waals surface area (Å²) in [7, 11) is -3.97. The van der Waals surface area contributed by atoms with Gasteiger partial charge in [-0.2, -0.15) is 5.10 Å². The van der Waals surface area contributed by atoms with Gasteiger partial charge >= 0.3 is 5.97 Å². The number of para-hydroxylation sites is 1. The van der Waals surface area contributed by atoms with Crippen LogP contribution in [0.25, 0.3) is 11.4 Å². The van der Waals surface area contributed by atoms with Gasteiger partial charge in [-0.05, 0) is 19.1 Å². The van der Waals surface area contributed by atoms with Gasteiger partial charge in [0.1, 0.15) is 5.82 Å². The van der Waals surface area contributed by atoms with E-state index in [0.29, 0.717) is 17.2 Å². The highest BCUT2D eigenvalue weighted by molar-refractivity contribution is 7.93. The molecule has 0 aliphatic heterocycles. The number of aromatic amines is 1.